The van der Waals surface area contributed by atoms with Crippen LogP contribution >= 0.6 is 0 Å². The van der Waals surface area contributed by atoms with Crippen molar-refractivity contribution in [2.24, 2.45) is 0 Å². The lowest BCUT2D eigenvalue weighted by molar-refractivity contribution is 0.661. The molecule has 91 heavy (non-hydrogen) atoms. The van der Waals surface area contributed by atoms with E-state index in [0.717, 1.165) is 142 Å². The Morgan fingerprint density at radius 1 is 0.451 bits per heavy atom. The normalized spacial score (nSPS) is 15.4. The highest BCUT2D eigenvalue weighted by Crippen LogP contribution is 2.53. The van der Waals surface area contributed by atoms with Crippen molar-refractivity contribution in [1.29, 1.82) is 5.26 Å². The molecule has 0 spiro atoms. The van der Waals surface area contributed by atoms with Crippen molar-refractivity contribution < 1.29 is 4.42 Å². The van der Waals surface area contributed by atoms with E-state index in [1.54, 1.807) is 0 Å². The largest absolute Gasteiger partial charge is 0.454 e. The number of hydrogen-bond donors (Lipinski definition) is 0. The van der Waals surface area contributed by atoms with Crippen LogP contribution in [-0.2, 0) is 6.42 Å². The second kappa shape index (κ2) is 21.1. The van der Waals surface area contributed by atoms with Crippen LogP contribution in [0.4, 0.5) is 0 Å². The van der Waals surface area contributed by atoms with Gasteiger partial charge in [0.25, 0.3) is 0 Å². The Morgan fingerprint density at radius 2 is 0.989 bits per heavy atom. The molecule has 5 heteroatoms. The van der Waals surface area contributed by atoms with E-state index in [1.165, 1.54) is 44.7 Å². The van der Waals surface area contributed by atoms with E-state index in [4.69, 9.17) is 4.42 Å². The summed E-state index contributed by atoms with van der Waals surface area (Å²) in [6.45, 7) is 2.39. The second-order valence-electron chi connectivity index (χ2n) is 24.9. The van der Waals surface area contributed by atoms with Gasteiger partial charge in [-0.15, -0.1) is 0 Å². The zero-order valence-corrected chi connectivity index (χ0v) is 50.3. The van der Waals surface area contributed by atoms with Crippen molar-refractivity contribution in [1.82, 2.24) is 13.7 Å². The van der Waals surface area contributed by atoms with Crippen LogP contribution in [0.5, 0.6) is 0 Å². The summed E-state index contributed by atoms with van der Waals surface area (Å²) < 4.78 is 15.1. The minimum Gasteiger partial charge on any atom is -0.454 e. The van der Waals surface area contributed by atoms with Crippen molar-refractivity contribution in [3.63, 3.8) is 0 Å². The van der Waals surface area contributed by atoms with E-state index in [0.29, 0.717) is 11.1 Å². The molecule has 0 amide bonds. The van der Waals surface area contributed by atoms with Crippen LogP contribution in [0.1, 0.15) is 82.8 Å². The molecule has 4 heterocycles. The van der Waals surface area contributed by atoms with Crippen molar-refractivity contribution in [3.05, 3.63) is 318 Å². The number of fused-ring (bicyclic) bond motifs is 12. The highest BCUT2D eigenvalue weighted by Gasteiger charge is 2.37. The van der Waals surface area contributed by atoms with Gasteiger partial charge >= 0.3 is 0 Å². The molecule has 0 bridgehead atoms. The third-order valence-corrected chi connectivity index (χ3v) is 19.7. The van der Waals surface area contributed by atoms with Gasteiger partial charge in [-0.2, -0.15) is 5.26 Å². The minimum absolute atomic E-state index is 0.0440. The Balaban J connectivity index is 1.03. The smallest absolute Gasteiger partial charge is 0.163 e. The van der Waals surface area contributed by atoms with Crippen LogP contribution in [0.2, 0.25) is 0 Å². The summed E-state index contributed by atoms with van der Waals surface area (Å²) >= 11 is 0. The predicted octanol–water partition coefficient (Wildman–Crippen LogP) is 22.6. The van der Waals surface area contributed by atoms with Gasteiger partial charge in [-0.3, -0.25) is 0 Å². The molecular formula is C86H60N4O. The topological polar surface area (TPSA) is 51.7 Å². The van der Waals surface area contributed by atoms with Gasteiger partial charge in [0.05, 0.1) is 38.8 Å². The van der Waals surface area contributed by atoms with Crippen LogP contribution in [0.3, 0.4) is 0 Å². The number of nitriles is 1. The number of rotatable bonds is 9. The summed E-state index contributed by atoms with van der Waals surface area (Å²) in [6.07, 6.45) is 17.8. The van der Waals surface area contributed by atoms with E-state index in [2.05, 4.69) is 312 Å². The SMILES string of the molecule is CC1CC(c2ccccc2)=Cc2c1n(-c1c(-n3c4c(c5cc(-c6ccccc6)ccc53)CC(c3ccccc3)C=C4)c(C#N)c(-n3c4ccc(-c5ccccc5)cc4c4cc(-c5ccccc5)ccc43)c3c1oc1ccccc13)c1ccc(C3=CCCC=C3)cc21. The average molecular weight is 1170 g/mol. The molecular weight excluding hydrogens is 1100 g/mol. The van der Waals surface area contributed by atoms with Crippen LogP contribution < -0.4 is 0 Å². The first kappa shape index (κ1) is 52.7. The second-order valence-corrected chi connectivity index (χ2v) is 24.9. The molecule has 2 unspecified atom stereocenters. The lowest BCUT2D eigenvalue weighted by Crippen LogP contribution is -2.15. The molecule has 11 aromatic carbocycles. The molecule has 0 saturated heterocycles. The van der Waals surface area contributed by atoms with Crippen molar-refractivity contribution in [2.45, 2.75) is 44.4 Å². The first-order valence-corrected chi connectivity index (χ1v) is 31.9. The molecule has 430 valence electrons. The fourth-order valence-corrected chi connectivity index (χ4v) is 15.5. The Hall–Kier alpha value is -11.5. The molecule has 3 aliphatic carbocycles. The number of furan rings is 1. The van der Waals surface area contributed by atoms with Crippen LogP contribution in [0, 0.1) is 11.3 Å². The summed E-state index contributed by atoms with van der Waals surface area (Å²) in [7, 11) is 0. The Labute approximate surface area is 527 Å². The monoisotopic (exact) mass is 1160 g/mol. The van der Waals surface area contributed by atoms with E-state index >= 15 is 0 Å². The zero-order valence-electron chi connectivity index (χ0n) is 50.3. The number of hydrogen-bond acceptors (Lipinski definition) is 2. The summed E-state index contributed by atoms with van der Waals surface area (Å²) in [4.78, 5) is 0. The summed E-state index contributed by atoms with van der Waals surface area (Å²) in [5, 5.41) is 19.4. The van der Waals surface area contributed by atoms with E-state index in [9.17, 15) is 5.26 Å². The standard InChI is InChI=1S/C86H60N4O/c1-54-46-66(60-32-18-7-19-33-60)52-73-72-51-65(59-30-16-6-17-31-59)40-45-79(72)90(82(54)73)85-84(89-77-43-38-63(57-26-12-4-13-27-57)49-70(77)71-50-64(39-44-78(71)89)58-28-14-5-15-29-58)74(53-87)83(81-67-34-20-21-35-80(67)91-86(81)85)88-75-41-36-61(55-22-8-2-9-23-55)47-68(75)69-48-62(37-42-76(69)88)56-24-10-3-11-25-56/h2-5,7-16,18-45,47-49,51-52,54,64H,6,17,46,50H2,1H3. The summed E-state index contributed by atoms with van der Waals surface area (Å²) in [5.41, 5.74) is 26.2. The molecule has 5 nitrogen and oxygen atoms in total. The van der Waals surface area contributed by atoms with Gasteiger partial charge < -0.3 is 18.1 Å². The molecule has 0 N–H and O–H groups in total. The highest BCUT2D eigenvalue weighted by atomic mass is 16.3. The van der Waals surface area contributed by atoms with Gasteiger partial charge in [0.2, 0.25) is 0 Å². The third-order valence-electron chi connectivity index (χ3n) is 19.7. The molecule has 2 atom stereocenters. The summed E-state index contributed by atoms with van der Waals surface area (Å²) in [5.74, 6) is 0.174. The molecule has 0 fully saturated rings. The van der Waals surface area contributed by atoms with Crippen LogP contribution in [-0.4, -0.2) is 13.7 Å². The van der Waals surface area contributed by atoms with E-state index < -0.39 is 0 Å². The van der Waals surface area contributed by atoms with Gasteiger partial charge in [-0.1, -0.05) is 225 Å². The Bertz CT molecular complexity index is 5550. The highest BCUT2D eigenvalue weighted by molar-refractivity contribution is 6.20. The number of allylic oxidation sites excluding steroid dienone is 6. The molecule has 0 radical (unpaired) electrons. The molecule has 15 aromatic rings. The first-order valence-electron chi connectivity index (χ1n) is 31.9. The molecule has 0 saturated carbocycles. The lowest BCUT2D eigenvalue weighted by atomic mass is 9.84. The van der Waals surface area contributed by atoms with Gasteiger partial charge in [-0.25, -0.2) is 0 Å². The maximum Gasteiger partial charge on any atom is 0.163 e. The van der Waals surface area contributed by atoms with E-state index in [1.807, 2.05) is 0 Å². The Morgan fingerprint density at radius 3 is 1.59 bits per heavy atom. The van der Waals surface area contributed by atoms with Crippen molar-refractivity contribution in [3.8, 4) is 56.5 Å². The number of nitrogens with zero attached hydrogens (tertiary/aromatic N) is 4. The zero-order chi connectivity index (χ0) is 60.3. The van der Waals surface area contributed by atoms with Gasteiger partial charge in [0, 0.05) is 55.7 Å². The fraction of sp³-hybridized carbons (Fsp3) is 0.0814. The quantitative estimate of drug-likeness (QED) is 0.145. The fourth-order valence-electron chi connectivity index (χ4n) is 15.5. The third kappa shape index (κ3) is 8.37. The maximum absolute atomic E-state index is 13.1. The number of benzene rings is 11. The molecule has 4 aromatic heterocycles. The van der Waals surface area contributed by atoms with Gasteiger partial charge in [0.1, 0.15) is 22.9 Å². The van der Waals surface area contributed by atoms with Crippen LogP contribution in [0.15, 0.2) is 277 Å². The molecule has 18 rings (SSSR count). The summed E-state index contributed by atoms with van der Waals surface area (Å²) in [6, 6.07) is 93.2. The van der Waals surface area contributed by atoms with Gasteiger partial charge in [0.15, 0.2) is 5.58 Å². The first-order chi connectivity index (χ1) is 45.0. The van der Waals surface area contributed by atoms with Crippen LogP contribution in [0.25, 0.3) is 139 Å². The van der Waals surface area contributed by atoms with Crippen molar-refractivity contribution in [2.75, 3.05) is 0 Å². The van der Waals surface area contributed by atoms with E-state index in [-0.39, 0.29) is 11.8 Å². The number of aromatic nitrogens is 3. The Kier molecular flexibility index (Phi) is 12.2. The molecule has 0 aliphatic heterocycles. The van der Waals surface area contributed by atoms with Gasteiger partial charge in [-0.05, 0) is 159 Å². The maximum atomic E-state index is 13.1. The number of para-hydroxylation sites is 1. The lowest BCUT2D eigenvalue weighted by Gasteiger charge is -2.27. The minimum atomic E-state index is 0.0440. The molecule has 3 aliphatic rings. The predicted molar refractivity (Wildman–Crippen MR) is 378 cm³/mol. The van der Waals surface area contributed by atoms with Crippen molar-refractivity contribution >= 4 is 88.8 Å². The average Bonchev–Trinajstić information content (AvgIpc) is 1.66.